The molecule has 0 bridgehead atoms. The summed E-state index contributed by atoms with van der Waals surface area (Å²) in [7, 11) is 0. The topological polar surface area (TPSA) is 41.0 Å². The van der Waals surface area contributed by atoms with Crippen molar-refractivity contribution in [2.24, 2.45) is 0 Å². The zero-order valence-corrected chi connectivity index (χ0v) is 13.6. The van der Waals surface area contributed by atoms with Crippen molar-refractivity contribution in [1.82, 2.24) is 9.55 Å². The molecule has 4 nitrogen and oxygen atoms in total. The Morgan fingerprint density at radius 2 is 1.96 bits per heavy atom. The molecule has 0 saturated heterocycles. The lowest BCUT2D eigenvalue weighted by atomic mass is 10.1. The minimum atomic E-state index is 0.0725. The van der Waals surface area contributed by atoms with Gasteiger partial charge in [-0.25, -0.2) is 0 Å². The smallest absolute Gasteiger partial charge is 0.247 e. The van der Waals surface area contributed by atoms with E-state index in [1.807, 2.05) is 51.9 Å². The lowest BCUT2D eigenvalue weighted by Crippen LogP contribution is -2.38. The number of benzene rings is 2. The fraction of sp³-hybridized carbons (Fsp3) is 0.222. The summed E-state index contributed by atoms with van der Waals surface area (Å²) in [6.45, 7) is 2.34. The third-order valence-corrected chi connectivity index (χ3v) is 4.77. The Kier molecular flexibility index (Phi) is 3.31. The van der Waals surface area contributed by atoms with Gasteiger partial charge in [-0.1, -0.05) is 30.3 Å². The monoisotopic (exact) mass is 323 g/mol. The summed E-state index contributed by atoms with van der Waals surface area (Å²) >= 11 is 5.39. The molecule has 23 heavy (non-hydrogen) atoms. The zero-order chi connectivity index (χ0) is 16.0. The van der Waals surface area contributed by atoms with E-state index < -0.39 is 0 Å². The fourth-order valence-electron chi connectivity index (χ4n) is 3.42. The Hall–Kier alpha value is -2.40. The Morgan fingerprint density at radius 3 is 2.83 bits per heavy atom. The van der Waals surface area contributed by atoms with Gasteiger partial charge in [0.15, 0.2) is 4.77 Å². The number of hydrogen-bond donors (Lipinski definition) is 1. The van der Waals surface area contributed by atoms with Gasteiger partial charge in [0.05, 0.1) is 11.0 Å². The van der Waals surface area contributed by atoms with Crippen molar-refractivity contribution in [2.75, 3.05) is 4.90 Å². The number of carbonyl (C=O) groups is 1. The number of carbonyl (C=O) groups excluding carboxylic acids is 1. The van der Waals surface area contributed by atoms with Crippen molar-refractivity contribution in [3.63, 3.8) is 0 Å². The maximum Gasteiger partial charge on any atom is 0.247 e. The van der Waals surface area contributed by atoms with E-state index >= 15 is 0 Å². The first-order chi connectivity index (χ1) is 11.1. The highest BCUT2D eigenvalue weighted by atomic mass is 32.1. The summed E-state index contributed by atoms with van der Waals surface area (Å²) in [4.78, 5) is 18.0. The summed E-state index contributed by atoms with van der Waals surface area (Å²) < 4.78 is 2.46. The summed E-state index contributed by atoms with van der Waals surface area (Å²) in [5, 5.41) is 0. The summed E-state index contributed by atoms with van der Waals surface area (Å²) in [6.07, 6.45) is 0.904. The second-order valence-electron chi connectivity index (χ2n) is 5.98. The fourth-order valence-corrected chi connectivity index (χ4v) is 3.69. The van der Waals surface area contributed by atoms with Gasteiger partial charge >= 0.3 is 0 Å². The molecule has 2 aromatic carbocycles. The molecule has 1 N–H and O–H groups in total. The second-order valence-corrected chi connectivity index (χ2v) is 6.37. The molecule has 0 unspecified atom stereocenters. The van der Waals surface area contributed by atoms with Crippen molar-refractivity contribution < 1.29 is 4.79 Å². The van der Waals surface area contributed by atoms with Crippen LogP contribution in [0.4, 0.5) is 5.69 Å². The van der Waals surface area contributed by atoms with E-state index in [2.05, 4.69) is 18.0 Å². The molecule has 1 aliphatic heterocycles. The van der Waals surface area contributed by atoms with Gasteiger partial charge in [-0.3, -0.25) is 4.79 Å². The van der Waals surface area contributed by atoms with Crippen molar-refractivity contribution in [3.8, 4) is 0 Å². The number of anilines is 1. The lowest BCUT2D eigenvalue weighted by Gasteiger charge is -2.23. The molecular formula is C18H17N3OS. The number of aromatic nitrogens is 2. The number of nitrogens with one attached hydrogen (secondary N) is 1. The minimum Gasteiger partial charge on any atom is -0.331 e. The highest BCUT2D eigenvalue weighted by molar-refractivity contribution is 7.71. The summed E-state index contributed by atoms with van der Waals surface area (Å²) in [5.41, 5.74) is 4.18. The van der Waals surface area contributed by atoms with Crippen LogP contribution in [0.2, 0.25) is 0 Å². The standard InChI is InChI=1S/C18H17N3OS/c1-12-10-13-6-2-4-8-15(13)21(12)17(22)11-20-16-9-5-3-7-14(16)19-18(20)23/h2-9,12H,10-11H2,1H3,(H,19,23)/t12-/m0/s1. The van der Waals surface area contributed by atoms with E-state index in [-0.39, 0.29) is 18.5 Å². The zero-order valence-electron chi connectivity index (χ0n) is 12.8. The first-order valence-corrected chi connectivity index (χ1v) is 8.13. The maximum absolute atomic E-state index is 12.9. The van der Waals surface area contributed by atoms with E-state index in [1.165, 1.54) is 5.56 Å². The average Bonchev–Trinajstić information content (AvgIpc) is 3.04. The Morgan fingerprint density at radius 1 is 1.22 bits per heavy atom. The maximum atomic E-state index is 12.9. The van der Waals surface area contributed by atoms with Gasteiger partial charge < -0.3 is 14.5 Å². The second kappa shape index (κ2) is 5.35. The minimum absolute atomic E-state index is 0.0725. The van der Waals surface area contributed by atoms with Crippen molar-refractivity contribution in [1.29, 1.82) is 0 Å². The number of H-pyrrole nitrogens is 1. The Balaban J connectivity index is 1.70. The van der Waals surface area contributed by atoms with Crippen LogP contribution in [-0.4, -0.2) is 21.5 Å². The predicted octanol–water partition coefficient (Wildman–Crippen LogP) is 3.68. The third-order valence-electron chi connectivity index (χ3n) is 4.45. The first-order valence-electron chi connectivity index (χ1n) is 7.72. The van der Waals surface area contributed by atoms with Gasteiger partial charge in [0.2, 0.25) is 5.91 Å². The molecule has 3 aromatic rings. The number of hydrogen-bond acceptors (Lipinski definition) is 2. The van der Waals surface area contributed by atoms with Gasteiger partial charge in [0.25, 0.3) is 0 Å². The predicted molar refractivity (Wildman–Crippen MR) is 94.2 cm³/mol. The van der Waals surface area contributed by atoms with E-state index in [1.54, 1.807) is 0 Å². The van der Waals surface area contributed by atoms with Crippen LogP contribution < -0.4 is 4.90 Å². The molecular weight excluding hydrogens is 306 g/mol. The van der Waals surface area contributed by atoms with Crippen molar-refractivity contribution in [3.05, 3.63) is 58.9 Å². The number of fused-ring (bicyclic) bond motifs is 2. The van der Waals surface area contributed by atoms with Crippen LogP contribution >= 0.6 is 12.2 Å². The van der Waals surface area contributed by atoms with E-state index in [0.717, 1.165) is 23.1 Å². The molecule has 5 heteroatoms. The van der Waals surface area contributed by atoms with Crippen LogP contribution in [0.5, 0.6) is 0 Å². The molecule has 0 aliphatic carbocycles. The molecule has 1 aromatic heterocycles. The molecule has 0 spiro atoms. The molecule has 0 radical (unpaired) electrons. The first kappa shape index (κ1) is 14.2. The molecule has 1 amide bonds. The van der Waals surface area contributed by atoms with Crippen LogP contribution in [0.25, 0.3) is 11.0 Å². The van der Waals surface area contributed by atoms with E-state index in [4.69, 9.17) is 12.2 Å². The van der Waals surface area contributed by atoms with Crippen LogP contribution in [0.3, 0.4) is 0 Å². The van der Waals surface area contributed by atoms with Gasteiger partial charge in [-0.15, -0.1) is 0 Å². The van der Waals surface area contributed by atoms with Crippen molar-refractivity contribution in [2.45, 2.75) is 25.9 Å². The summed E-state index contributed by atoms with van der Waals surface area (Å²) in [5.74, 6) is 0.0725. The average molecular weight is 323 g/mol. The van der Waals surface area contributed by atoms with Crippen LogP contribution in [-0.2, 0) is 17.8 Å². The van der Waals surface area contributed by atoms with Gasteiger partial charge in [-0.05, 0) is 49.3 Å². The van der Waals surface area contributed by atoms with Crippen molar-refractivity contribution >= 4 is 34.8 Å². The molecule has 1 aliphatic rings. The quantitative estimate of drug-likeness (QED) is 0.731. The third kappa shape index (κ3) is 2.28. The van der Waals surface area contributed by atoms with Crippen LogP contribution in [0, 0.1) is 4.77 Å². The van der Waals surface area contributed by atoms with Gasteiger partial charge in [0.1, 0.15) is 6.54 Å². The Labute approximate surface area is 139 Å². The number of nitrogens with zero attached hydrogens (tertiary/aromatic N) is 2. The highest BCUT2D eigenvalue weighted by Gasteiger charge is 2.30. The number of para-hydroxylation sites is 3. The number of imidazole rings is 1. The Bertz CT molecular complexity index is 956. The van der Waals surface area contributed by atoms with Crippen LogP contribution in [0.15, 0.2) is 48.5 Å². The summed E-state index contributed by atoms with van der Waals surface area (Å²) in [6, 6.07) is 16.2. The van der Waals surface area contributed by atoms with Gasteiger partial charge in [0, 0.05) is 11.7 Å². The molecule has 2 heterocycles. The van der Waals surface area contributed by atoms with Gasteiger partial charge in [-0.2, -0.15) is 0 Å². The molecule has 4 rings (SSSR count). The molecule has 1 atom stereocenters. The lowest BCUT2D eigenvalue weighted by molar-refractivity contribution is -0.119. The largest absolute Gasteiger partial charge is 0.331 e. The van der Waals surface area contributed by atoms with E-state index in [0.29, 0.717) is 4.77 Å². The normalized spacial score (nSPS) is 16.7. The SMILES string of the molecule is C[C@H]1Cc2ccccc2N1C(=O)Cn1c(=S)[nH]c2ccccc21. The van der Waals surface area contributed by atoms with E-state index in [9.17, 15) is 4.79 Å². The van der Waals surface area contributed by atoms with Crippen LogP contribution in [0.1, 0.15) is 12.5 Å². The molecule has 0 fully saturated rings. The number of amides is 1. The number of rotatable bonds is 2. The highest BCUT2D eigenvalue weighted by Crippen LogP contribution is 2.32. The molecule has 116 valence electrons. The number of aromatic amines is 1. The molecule has 0 saturated carbocycles.